The standard InChI is InChI=1S/C24H28N8O/c1-31-23(20-13-28-32(22(20)11-26)14-15-5-3-2-4-6-15)19(12-27-31)16-7-8-17-18(9-16)21(10-25)29-30-24(17)33/h2-6,12-13,16-18,21,29H,7-10,14,25H2,1H3,(H,30,33). The third-order valence-electron chi connectivity index (χ3n) is 7.17. The normalized spacial score (nSPS) is 24.7. The number of hydrogen-bond donors (Lipinski definition) is 3. The van der Waals surface area contributed by atoms with Crippen LogP contribution >= 0.6 is 0 Å². The van der Waals surface area contributed by atoms with E-state index >= 15 is 0 Å². The molecule has 1 aromatic carbocycles. The first-order chi connectivity index (χ1) is 16.1. The number of nitrogens with zero attached hydrogens (tertiary/aromatic N) is 5. The van der Waals surface area contributed by atoms with Gasteiger partial charge in [-0.1, -0.05) is 30.3 Å². The maximum atomic E-state index is 12.4. The van der Waals surface area contributed by atoms with E-state index in [4.69, 9.17) is 5.73 Å². The van der Waals surface area contributed by atoms with E-state index in [1.54, 1.807) is 10.9 Å². The summed E-state index contributed by atoms with van der Waals surface area (Å²) in [6, 6.07) is 12.4. The lowest BCUT2D eigenvalue weighted by Crippen LogP contribution is -2.62. The van der Waals surface area contributed by atoms with Crippen LogP contribution in [0, 0.1) is 23.2 Å². The highest BCUT2D eigenvalue weighted by Crippen LogP contribution is 2.44. The van der Waals surface area contributed by atoms with Crippen LogP contribution in [0.15, 0.2) is 42.7 Å². The highest BCUT2D eigenvalue weighted by Gasteiger charge is 2.43. The number of aromatic nitrogens is 4. The molecule has 4 N–H and O–H groups in total. The van der Waals surface area contributed by atoms with Crippen molar-refractivity contribution in [1.29, 1.82) is 5.26 Å². The van der Waals surface area contributed by atoms with Gasteiger partial charge in [-0.15, -0.1) is 0 Å². The van der Waals surface area contributed by atoms with Crippen LogP contribution in [0.25, 0.3) is 11.3 Å². The molecule has 33 heavy (non-hydrogen) atoms. The smallest absolute Gasteiger partial charge is 0.237 e. The Hall–Kier alpha value is -3.48. The molecule has 2 fully saturated rings. The van der Waals surface area contributed by atoms with E-state index in [2.05, 4.69) is 27.1 Å². The van der Waals surface area contributed by atoms with Crippen LogP contribution in [0.3, 0.4) is 0 Å². The topological polar surface area (TPSA) is 127 Å². The molecule has 4 atom stereocenters. The molecule has 3 aromatic rings. The van der Waals surface area contributed by atoms with Crippen molar-refractivity contribution in [2.75, 3.05) is 6.54 Å². The van der Waals surface area contributed by atoms with Gasteiger partial charge in [-0.3, -0.25) is 14.9 Å². The zero-order valence-electron chi connectivity index (χ0n) is 18.6. The van der Waals surface area contributed by atoms with Gasteiger partial charge in [0.1, 0.15) is 11.8 Å². The number of benzene rings is 1. The molecule has 2 aromatic heterocycles. The molecular weight excluding hydrogens is 416 g/mol. The number of nitrogens with two attached hydrogens (primary N) is 1. The van der Waals surface area contributed by atoms with Gasteiger partial charge in [-0.2, -0.15) is 15.5 Å². The van der Waals surface area contributed by atoms with Crippen molar-refractivity contribution in [3.8, 4) is 17.3 Å². The van der Waals surface area contributed by atoms with Gasteiger partial charge in [0, 0.05) is 31.1 Å². The van der Waals surface area contributed by atoms with Crippen LogP contribution in [-0.4, -0.2) is 38.1 Å². The first-order valence-electron chi connectivity index (χ1n) is 11.4. The Morgan fingerprint density at radius 2 is 2.03 bits per heavy atom. The number of nitrogens with one attached hydrogen (secondary N) is 2. The van der Waals surface area contributed by atoms with Gasteiger partial charge in [-0.25, -0.2) is 10.1 Å². The zero-order valence-corrected chi connectivity index (χ0v) is 18.6. The van der Waals surface area contributed by atoms with E-state index in [1.165, 1.54) is 0 Å². The van der Waals surface area contributed by atoms with Crippen molar-refractivity contribution in [3.63, 3.8) is 0 Å². The number of carbonyl (C=O) groups is 1. The number of nitriles is 1. The summed E-state index contributed by atoms with van der Waals surface area (Å²) in [6.07, 6.45) is 6.23. The highest BCUT2D eigenvalue weighted by atomic mass is 16.2. The predicted octanol–water partition coefficient (Wildman–Crippen LogP) is 1.67. The first-order valence-corrected chi connectivity index (χ1v) is 11.4. The van der Waals surface area contributed by atoms with E-state index in [9.17, 15) is 10.1 Å². The minimum atomic E-state index is -0.0144. The Morgan fingerprint density at radius 3 is 2.79 bits per heavy atom. The summed E-state index contributed by atoms with van der Waals surface area (Å²) in [6.45, 7) is 1.00. The molecule has 1 amide bonds. The molecule has 4 unspecified atom stereocenters. The van der Waals surface area contributed by atoms with Gasteiger partial charge in [0.05, 0.1) is 30.2 Å². The summed E-state index contributed by atoms with van der Waals surface area (Å²) >= 11 is 0. The molecule has 3 heterocycles. The van der Waals surface area contributed by atoms with Crippen LogP contribution in [0.1, 0.15) is 42.0 Å². The number of carbonyl (C=O) groups excluding carboxylic acids is 1. The summed E-state index contributed by atoms with van der Waals surface area (Å²) in [4.78, 5) is 12.4. The van der Waals surface area contributed by atoms with Gasteiger partial charge in [0.2, 0.25) is 5.91 Å². The molecule has 1 saturated heterocycles. The molecule has 0 spiro atoms. The van der Waals surface area contributed by atoms with Crippen LogP contribution in [0.4, 0.5) is 0 Å². The largest absolute Gasteiger partial charge is 0.329 e. The minimum Gasteiger partial charge on any atom is -0.329 e. The molecule has 9 heteroatoms. The Balaban J connectivity index is 1.47. The fourth-order valence-electron chi connectivity index (χ4n) is 5.49. The summed E-state index contributed by atoms with van der Waals surface area (Å²) in [5, 5.41) is 19.1. The number of aryl methyl sites for hydroxylation is 1. The molecule has 1 saturated carbocycles. The predicted molar refractivity (Wildman–Crippen MR) is 122 cm³/mol. The number of rotatable bonds is 5. The fourth-order valence-corrected chi connectivity index (χ4v) is 5.49. The molecular formula is C24H28N8O. The lowest BCUT2D eigenvalue weighted by Gasteiger charge is -2.43. The second kappa shape index (κ2) is 8.81. The molecule has 1 aliphatic carbocycles. The Kier molecular flexibility index (Phi) is 5.70. The monoisotopic (exact) mass is 444 g/mol. The third kappa shape index (κ3) is 3.81. The SMILES string of the molecule is Cn1ncc(C2CCC3C(=O)NNC(CN)C3C2)c1-c1cnn(Cc2ccccc2)c1C#N. The number of amides is 1. The fraction of sp³-hybridized carbons (Fsp3) is 0.417. The zero-order chi connectivity index (χ0) is 22.9. The van der Waals surface area contributed by atoms with Gasteiger partial charge in [0.25, 0.3) is 0 Å². The van der Waals surface area contributed by atoms with Crippen molar-refractivity contribution >= 4 is 5.91 Å². The van der Waals surface area contributed by atoms with Crippen LogP contribution in [-0.2, 0) is 18.4 Å². The first kappa shape index (κ1) is 21.4. The number of hydrazine groups is 1. The highest BCUT2D eigenvalue weighted by molar-refractivity contribution is 5.79. The van der Waals surface area contributed by atoms with Crippen LogP contribution in [0.2, 0.25) is 0 Å². The van der Waals surface area contributed by atoms with Gasteiger partial charge in [-0.05, 0) is 36.7 Å². The second-order valence-electron chi connectivity index (χ2n) is 8.99. The van der Waals surface area contributed by atoms with E-state index in [0.717, 1.165) is 41.6 Å². The van der Waals surface area contributed by atoms with Crippen molar-refractivity contribution in [2.45, 2.75) is 37.8 Å². The van der Waals surface area contributed by atoms with E-state index in [0.29, 0.717) is 18.8 Å². The third-order valence-corrected chi connectivity index (χ3v) is 7.17. The summed E-state index contributed by atoms with van der Waals surface area (Å²) in [5.74, 6) is 0.454. The van der Waals surface area contributed by atoms with Gasteiger partial charge >= 0.3 is 0 Å². The van der Waals surface area contributed by atoms with Crippen molar-refractivity contribution in [3.05, 3.63) is 59.5 Å². The molecule has 2 aliphatic rings. The van der Waals surface area contributed by atoms with Crippen molar-refractivity contribution in [1.82, 2.24) is 30.4 Å². The average molecular weight is 445 g/mol. The Bertz CT molecular complexity index is 1190. The van der Waals surface area contributed by atoms with E-state index < -0.39 is 0 Å². The van der Waals surface area contributed by atoms with Crippen molar-refractivity contribution in [2.24, 2.45) is 24.6 Å². The Morgan fingerprint density at radius 1 is 1.21 bits per heavy atom. The molecule has 5 rings (SSSR count). The number of hydrogen-bond acceptors (Lipinski definition) is 6. The maximum Gasteiger partial charge on any atom is 0.237 e. The van der Waals surface area contributed by atoms with E-state index in [1.807, 2.05) is 48.3 Å². The lowest BCUT2D eigenvalue weighted by molar-refractivity contribution is -0.133. The Labute approximate surface area is 192 Å². The van der Waals surface area contributed by atoms with Crippen molar-refractivity contribution < 1.29 is 4.79 Å². The van der Waals surface area contributed by atoms with Gasteiger partial charge in [0.15, 0.2) is 0 Å². The summed E-state index contributed by atoms with van der Waals surface area (Å²) in [5.41, 5.74) is 16.3. The molecule has 170 valence electrons. The summed E-state index contributed by atoms with van der Waals surface area (Å²) in [7, 11) is 1.90. The molecule has 1 aliphatic heterocycles. The molecule has 0 radical (unpaired) electrons. The number of fused-ring (bicyclic) bond motifs is 1. The maximum absolute atomic E-state index is 12.4. The van der Waals surface area contributed by atoms with Crippen LogP contribution < -0.4 is 16.6 Å². The second-order valence-corrected chi connectivity index (χ2v) is 8.99. The molecule has 9 nitrogen and oxygen atoms in total. The van der Waals surface area contributed by atoms with Gasteiger partial charge < -0.3 is 5.73 Å². The minimum absolute atomic E-state index is 0.0144. The average Bonchev–Trinajstić information content (AvgIpc) is 3.42. The van der Waals surface area contributed by atoms with E-state index in [-0.39, 0.29) is 29.7 Å². The summed E-state index contributed by atoms with van der Waals surface area (Å²) < 4.78 is 3.58. The quantitative estimate of drug-likeness (QED) is 0.549. The van der Waals surface area contributed by atoms with Crippen LogP contribution in [0.5, 0.6) is 0 Å². The lowest BCUT2D eigenvalue weighted by atomic mass is 9.68. The molecule has 0 bridgehead atoms.